The van der Waals surface area contributed by atoms with Gasteiger partial charge in [-0.1, -0.05) is 45.9 Å². The fourth-order valence-electron chi connectivity index (χ4n) is 4.57. The van der Waals surface area contributed by atoms with Gasteiger partial charge in [0.15, 0.2) is 5.76 Å². The molecule has 2 aromatic carbocycles. The third-order valence-corrected chi connectivity index (χ3v) is 12.1. The van der Waals surface area contributed by atoms with Crippen LogP contribution in [0.3, 0.4) is 0 Å². The largest absolute Gasteiger partial charge is 0.540 e. The minimum atomic E-state index is -4.58. The summed E-state index contributed by atoms with van der Waals surface area (Å²) in [6.45, 7) is 12.7. The maximum absolute atomic E-state index is 14.6. The summed E-state index contributed by atoms with van der Waals surface area (Å²) in [5.74, 6) is 0.340. The number of ether oxygens (including phenoxy) is 1. The van der Waals surface area contributed by atoms with Crippen LogP contribution in [0.25, 0.3) is 5.57 Å². The molecule has 2 aromatic rings. The monoisotopic (exact) mass is 562 g/mol. The van der Waals surface area contributed by atoms with Crippen molar-refractivity contribution in [1.82, 2.24) is 4.90 Å². The molecule has 0 saturated carbocycles. The van der Waals surface area contributed by atoms with Crippen LogP contribution in [0.4, 0.5) is 18.9 Å². The van der Waals surface area contributed by atoms with Crippen LogP contribution in [0, 0.1) is 0 Å². The first kappa shape index (κ1) is 30.8. The van der Waals surface area contributed by atoms with Gasteiger partial charge in [-0.25, -0.2) is 0 Å². The normalized spacial score (nSPS) is 15.8. The van der Waals surface area contributed by atoms with E-state index in [4.69, 9.17) is 9.16 Å². The van der Waals surface area contributed by atoms with Crippen molar-refractivity contribution >= 4 is 25.5 Å². The summed E-state index contributed by atoms with van der Waals surface area (Å²) in [5.41, 5.74) is 0.701. The standard InChI is InChI=1S/C30H41F3N2O3Si/c1-10-21(19-34(5)6)35-26-13-11-12-25(30(31,32)33)24(26)18-23(20-14-16-22(37-7)17-15-20)27(28(35)36)38-39(8,9)29(2,3)4/h11-17,21H,10,18-19H2,1-9H3. The smallest absolute Gasteiger partial charge is 0.416 e. The van der Waals surface area contributed by atoms with E-state index in [0.717, 1.165) is 6.07 Å². The van der Waals surface area contributed by atoms with Gasteiger partial charge in [-0.2, -0.15) is 13.2 Å². The quantitative estimate of drug-likeness (QED) is 0.315. The number of alkyl halides is 3. The molecular formula is C30H41F3N2O3Si. The van der Waals surface area contributed by atoms with Gasteiger partial charge in [0.05, 0.1) is 12.7 Å². The highest BCUT2D eigenvalue weighted by atomic mass is 28.4. The predicted molar refractivity (Wildman–Crippen MR) is 153 cm³/mol. The number of rotatable bonds is 8. The van der Waals surface area contributed by atoms with E-state index in [-0.39, 0.29) is 34.5 Å². The molecule has 1 unspecified atom stereocenters. The second-order valence-electron chi connectivity index (χ2n) is 11.9. The lowest BCUT2D eigenvalue weighted by atomic mass is 9.93. The van der Waals surface area contributed by atoms with Gasteiger partial charge in [-0.15, -0.1) is 0 Å². The van der Waals surface area contributed by atoms with E-state index in [1.54, 1.807) is 42.3 Å². The number of carbonyl (C=O) groups excluding carboxylic acids is 1. The molecule has 1 atom stereocenters. The fourth-order valence-corrected chi connectivity index (χ4v) is 5.60. The molecule has 1 heterocycles. The maximum atomic E-state index is 14.6. The van der Waals surface area contributed by atoms with Crippen molar-refractivity contribution in [3.63, 3.8) is 0 Å². The number of anilines is 1. The van der Waals surface area contributed by atoms with Crippen LogP contribution >= 0.6 is 0 Å². The summed E-state index contributed by atoms with van der Waals surface area (Å²) in [6.07, 6.45) is -4.12. The molecule has 0 aromatic heterocycles. The molecule has 0 fully saturated rings. The number of methoxy groups -OCH3 is 1. The SMILES string of the molecule is CCC(CN(C)C)N1C(=O)C(O[Si](C)(C)C(C)(C)C)=C(c2ccc(OC)cc2)Cc2c1cccc2C(F)(F)F. The topological polar surface area (TPSA) is 42.0 Å². The number of benzene rings is 2. The van der Waals surface area contributed by atoms with E-state index >= 15 is 0 Å². The van der Waals surface area contributed by atoms with Crippen molar-refractivity contribution in [2.75, 3.05) is 32.6 Å². The van der Waals surface area contributed by atoms with Crippen molar-refractivity contribution in [1.29, 1.82) is 0 Å². The van der Waals surface area contributed by atoms with Gasteiger partial charge in [0.1, 0.15) is 5.75 Å². The van der Waals surface area contributed by atoms with Gasteiger partial charge >= 0.3 is 6.18 Å². The molecule has 5 nitrogen and oxygen atoms in total. The van der Waals surface area contributed by atoms with Crippen LogP contribution in [0.5, 0.6) is 5.75 Å². The molecule has 39 heavy (non-hydrogen) atoms. The van der Waals surface area contributed by atoms with E-state index in [1.807, 2.05) is 39.0 Å². The maximum Gasteiger partial charge on any atom is 0.416 e. The number of carbonyl (C=O) groups is 1. The van der Waals surface area contributed by atoms with Crippen LogP contribution in [0.1, 0.15) is 50.8 Å². The Hall–Kier alpha value is -2.78. The predicted octanol–water partition coefficient (Wildman–Crippen LogP) is 7.38. The number of likely N-dealkylation sites (N-methyl/N-ethyl adjacent to an activating group) is 1. The highest BCUT2D eigenvalue weighted by Crippen LogP contribution is 2.45. The number of fused-ring (bicyclic) bond motifs is 1. The number of hydrogen-bond donors (Lipinski definition) is 0. The van der Waals surface area contributed by atoms with Crippen LogP contribution < -0.4 is 9.64 Å². The first-order chi connectivity index (χ1) is 18.0. The van der Waals surface area contributed by atoms with E-state index in [2.05, 4.69) is 20.8 Å². The third-order valence-electron chi connectivity index (χ3n) is 7.77. The van der Waals surface area contributed by atoms with Crippen LogP contribution in [0.2, 0.25) is 18.1 Å². The first-order valence-electron chi connectivity index (χ1n) is 13.3. The Morgan fingerprint density at radius 3 is 2.15 bits per heavy atom. The number of hydrogen-bond acceptors (Lipinski definition) is 4. The zero-order valence-electron chi connectivity index (χ0n) is 24.5. The molecule has 0 radical (unpaired) electrons. The molecular weight excluding hydrogens is 521 g/mol. The lowest BCUT2D eigenvalue weighted by Crippen LogP contribution is -2.49. The van der Waals surface area contributed by atoms with Crippen LogP contribution in [0.15, 0.2) is 48.2 Å². The van der Waals surface area contributed by atoms with Crippen molar-refractivity contribution in [2.45, 2.75) is 70.9 Å². The van der Waals surface area contributed by atoms with E-state index in [1.165, 1.54) is 6.07 Å². The summed E-state index contributed by atoms with van der Waals surface area (Å²) < 4.78 is 55.3. The summed E-state index contributed by atoms with van der Waals surface area (Å²) in [5, 5.41) is -0.236. The highest BCUT2D eigenvalue weighted by molar-refractivity contribution is 6.74. The molecule has 0 aliphatic carbocycles. The Morgan fingerprint density at radius 1 is 1.05 bits per heavy atom. The van der Waals surface area contributed by atoms with Gasteiger partial charge in [-0.3, -0.25) is 4.79 Å². The Bertz CT molecular complexity index is 1220. The van der Waals surface area contributed by atoms with Gasteiger partial charge in [0.25, 0.3) is 14.2 Å². The Balaban J connectivity index is 2.41. The van der Waals surface area contributed by atoms with E-state index in [9.17, 15) is 18.0 Å². The summed E-state index contributed by atoms with van der Waals surface area (Å²) in [7, 11) is 2.76. The Kier molecular flexibility index (Phi) is 8.97. The molecule has 1 amide bonds. The number of allylic oxidation sites excluding steroid dienone is 1. The molecule has 0 saturated heterocycles. The lowest BCUT2D eigenvalue weighted by molar-refractivity contribution is -0.138. The zero-order valence-corrected chi connectivity index (χ0v) is 25.5. The average molecular weight is 563 g/mol. The third kappa shape index (κ3) is 6.52. The van der Waals surface area contributed by atoms with Crippen LogP contribution in [-0.4, -0.2) is 52.9 Å². The highest BCUT2D eigenvalue weighted by Gasteiger charge is 2.45. The Morgan fingerprint density at radius 2 is 1.67 bits per heavy atom. The molecule has 0 spiro atoms. The first-order valence-corrected chi connectivity index (χ1v) is 16.2. The van der Waals surface area contributed by atoms with Crippen molar-refractivity contribution in [3.8, 4) is 5.75 Å². The molecule has 1 aliphatic rings. The van der Waals surface area contributed by atoms with Crippen molar-refractivity contribution < 1.29 is 27.1 Å². The van der Waals surface area contributed by atoms with Crippen LogP contribution in [-0.2, 0) is 21.8 Å². The summed E-state index contributed by atoms with van der Waals surface area (Å²) >= 11 is 0. The molecule has 9 heteroatoms. The van der Waals surface area contributed by atoms with Gasteiger partial charge in [0.2, 0.25) is 0 Å². The second-order valence-corrected chi connectivity index (χ2v) is 16.6. The van der Waals surface area contributed by atoms with Gasteiger partial charge in [-0.05, 0) is 74.0 Å². The minimum Gasteiger partial charge on any atom is -0.540 e. The average Bonchev–Trinajstić information content (AvgIpc) is 2.95. The minimum absolute atomic E-state index is 0.0789. The fraction of sp³-hybridized carbons (Fsp3) is 0.500. The molecule has 1 aliphatic heterocycles. The number of halogens is 3. The molecule has 0 bridgehead atoms. The number of amides is 1. The van der Waals surface area contributed by atoms with Gasteiger partial charge in [0, 0.05) is 30.3 Å². The van der Waals surface area contributed by atoms with Gasteiger partial charge < -0.3 is 19.0 Å². The van der Waals surface area contributed by atoms with E-state index < -0.39 is 26.0 Å². The summed E-state index contributed by atoms with van der Waals surface area (Å²) in [4.78, 5) is 18.1. The molecule has 3 rings (SSSR count). The number of nitrogens with zero attached hydrogens (tertiary/aromatic N) is 2. The van der Waals surface area contributed by atoms with Crippen molar-refractivity contribution in [3.05, 3.63) is 64.9 Å². The Labute approximate surface area is 231 Å². The van der Waals surface area contributed by atoms with E-state index in [0.29, 0.717) is 29.9 Å². The molecule has 0 N–H and O–H groups in total. The summed E-state index contributed by atoms with van der Waals surface area (Å²) in [6, 6.07) is 10.8. The van der Waals surface area contributed by atoms with Crippen molar-refractivity contribution in [2.24, 2.45) is 0 Å². The lowest BCUT2D eigenvalue weighted by Gasteiger charge is -2.39. The zero-order chi connectivity index (χ0) is 29.3. The molecule has 214 valence electrons. The second kappa shape index (κ2) is 11.4.